The van der Waals surface area contributed by atoms with Crippen LogP contribution in [0.3, 0.4) is 0 Å². The molecule has 1 aromatic carbocycles. The van der Waals surface area contributed by atoms with E-state index in [1.54, 1.807) is 24.3 Å². The fourth-order valence-electron chi connectivity index (χ4n) is 5.52. The number of carbonyl (C=O) groups excluding carboxylic acids is 3. The Labute approximate surface area is 209 Å². The molecule has 4 rings (SSSR count). The molecule has 0 spiro atoms. The standard InChI is InChI=1S/C28H41N3O4/c1-3-4-19-35-28(34)23-5-7-24(8-6-23)31-26(32)20-25(27(31)33)30-17-12-22(13-18-30)11-16-29-14-9-21(2)10-15-29/h5-8,21-22,25H,3-4,9-20H2,1-2H3/t25-/m0/s1. The first kappa shape index (κ1) is 25.8. The summed E-state index contributed by atoms with van der Waals surface area (Å²) >= 11 is 0. The highest BCUT2D eigenvalue weighted by Crippen LogP contribution is 2.30. The SMILES string of the molecule is CCCCOC(=O)c1ccc(N2C(=O)C[C@H](N3CCC(CCN4CCC(C)CC4)CC3)C2=O)cc1. The van der Waals surface area contributed by atoms with E-state index in [2.05, 4.69) is 16.7 Å². The Morgan fingerprint density at radius 1 is 1.00 bits per heavy atom. The van der Waals surface area contributed by atoms with Crippen molar-refractivity contribution in [2.24, 2.45) is 11.8 Å². The van der Waals surface area contributed by atoms with Crippen LogP contribution < -0.4 is 4.90 Å². The third kappa shape index (κ3) is 6.50. The molecule has 0 saturated carbocycles. The second kappa shape index (κ2) is 12.1. The molecule has 0 radical (unpaired) electrons. The number of nitrogens with zero attached hydrogens (tertiary/aromatic N) is 3. The number of piperidine rings is 2. The first-order valence-corrected chi connectivity index (χ1v) is 13.6. The number of amides is 2. The number of rotatable bonds is 9. The first-order valence-electron chi connectivity index (χ1n) is 13.6. The van der Waals surface area contributed by atoms with E-state index in [4.69, 9.17) is 4.74 Å². The third-order valence-corrected chi connectivity index (χ3v) is 8.03. The maximum atomic E-state index is 13.2. The van der Waals surface area contributed by atoms with Gasteiger partial charge in [0.1, 0.15) is 0 Å². The molecule has 0 unspecified atom stereocenters. The monoisotopic (exact) mass is 483 g/mol. The van der Waals surface area contributed by atoms with Gasteiger partial charge in [-0.3, -0.25) is 14.5 Å². The molecule has 35 heavy (non-hydrogen) atoms. The van der Waals surface area contributed by atoms with E-state index in [1.165, 1.54) is 43.8 Å². The van der Waals surface area contributed by atoms with Gasteiger partial charge >= 0.3 is 5.97 Å². The summed E-state index contributed by atoms with van der Waals surface area (Å²) < 4.78 is 5.24. The van der Waals surface area contributed by atoms with Crippen LogP contribution in [0.25, 0.3) is 0 Å². The lowest BCUT2D eigenvalue weighted by Gasteiger charge is -2.36. The molecule has 1 atom stereocenters. The summed E-state index contributed by atoms with van der Waals surface area (Å²) in [5.74, 6) is 0.887. The number of likely N-dealkylation sites (tertiary alicyclic amines) is 2. The minimum Gasteiger partial charge on any atom is -0.462 e. The average molecular weight is 484 g/mol. The van der Waals surface area contributed by atoms with Gasteiger partial charge in [0.05, 0.1) is 30.3 Å². The van der Waals surface area contributed by atoms with E-state index in [0.29, 0.717) is 23.8 Å². The summed E-state index contributed by atoms with van der Waals surface area (Å²) in [4.78, 5) is 44.2. The van der Waals surface area contributed by atoms with Gasteiger partial charge in [-0.2, -0.15) is 0 Å². The Bertz CT molecular complexity index is 871. The Kier molecular flexibility index (Phi) is 8.95. The molecular formula is C28H41N3O4. The zero-order valence-electron chi connectivity index (χ0n) is 21.4. The fourth-order valence-corrected chi connectivity index (χ4v) is 5.52. The molecule has 3 aliphatic rings. The predicted octanol–water partition coefficient (Wildman–Crippen LogP) is 4.11. The topological polar surface area (TPSA) is 70.2 Å². The van der Waals surface area contributed by atoms with E-state index in [0.717, 1.165) is 44.7 Å². The van der Waals surface area contributed by atoms with Gasteiger partial charge in [-0.15, -0.1) is 0 Å². The van der Waals surface area contributed by atoms with Gasteiger partial charge in [-0.1, -0.05) is 20.3 Å². The fraction of sp³-hybridized carbons (Fsp3) is 0.679. The molecule has 3 aliphatic heterocycles. The van der Waals surface area contributed by atoms with E-state index in [1.807, 2.05) is 6.92 Å². The summed E-state index contributed by atoms with van der Waals surface area (Å²) in [6.45, 7) is 10.2. The number of anilines is 1. The molecule has 3 saturated heterocycles. The Morgan fingerprint density at radius 2 is 1.69 bits per heavy atom. The zero-order valence-corrected chi connectivity index (χ0v) is 21.4. The van der Waals surface area contributed by atoms with Gasteiger partial charge in [0.15, 0.2) is 0 Å². The van der Waals surface area contributed by atoms with Crippen molar-refractivity contribution in [3.8, 4) is 0 Å². The Balaban J connectivity index is 1.26. The van der Waals surface area contributed by atoms with Crippen molar-refractivity contribution in [1.29, 1.82) is 0 Å². The van der Waals surface area contributed by atoms with Gasteiger partial charge in [-0.25, -0.2) is 9.69 Å². The summed E-state index contributed by atoms with van der Waals surface area (Å²) in [5, 5.41) is 0. The maximum absolute atomic E-state index is 13.2. The van der Waals surface area contributed by atoms with E-state index >= 15 is 0 Å². The lowest BCUT2D eigenvalue weighted by atomic mass is 9.91. The minimum atomic E-state index is -0.375. The van der Waals surface area contributed by atoms with Crippen molar-refractivity contribution < 1.29 is 19.1 Å². The lowest BCUT2D eigenvalue weighted by molar-refractivity contribution is -0.123. The van der Waals surface area contributed by atoms with Crippen LogP contribution in [0.5, 0.6) is 0 Å². The molecule has 0 N–H and O–H groups in total. The first-order chi connectivity index (χ1) is 17.0. The van der Waals surface area contributed by atoms with Crippen LogP contribution in [-0.4, -0.2) is 73.0 Å². The van der Waals surface area contributed by atoms with Crippen LogP contribution in [0.15, 0.2) is 24.3 Å². The van der Waals surface area contributed by atoms with Gasteiger partial charge in [0.25, 0.3) is 5.91 Å². The van der Waals surface area contributed by atoms with Crippen molar-refractivity contribution in [3.05, 3.63) is 29.8 Å². The Hall–Kier alpha value is -2.25. The number of hydrogen-bond acceptors (Lipinski definition) is 6. The van der Waals surface area contributed by atoms with Crippen LogP contribution in [0, 0.1) is 11.8 Å². The van der Waals surface area contributed by atoms with Crippen molar-refractivity contribution >= 4 is 23.5 Å². The van der Waals surface area contributed by atoms with Crippen LogP contribution >= 0.6 is 0 Å². The van der Waals surface area contributed by atoms with Crippen LogP contribution in [-0.2, 0) is 14.3 Å². The van der Waals surface area contributed by atoms with Gasteiger partial charge < -0.3 is 9.64 Å². The summed E-state index contributed by atoms with van der Waals surface area (Å²) in [5.41, 5.74) is 0.958. The second-order valence-corrected chi connectivity index (χ2v) is 10.6. The largest absolute Gasteiger partial charge is 0.462 e. The molecule has 0 aromatic heterocycles. The van der Waals surface area contributed by atoms with E-state index in [9.17, 15) is 14.4 Å². The molecule has 7 nitrogen and oxygen atoms in total. The van der Waals surface area contributed by atoms with E-state index in [-0.39, 0.29) is 30.2 Å². The molecule has 0 aliphatic carbocycles. The summed E-state index contributed by atoms with van der Waals surface area (Å²) in [6, 6.07) is 6.23. The highest BCUT2D eigenvalue weighted by atomic mass is 16.5. The van der Waals surface area contributed by atoms with Crippen molar-refractivity contribution in [3.63, 3.8) is 0 Å². The zero-order chi connectivity index (χ0) is 24.8. The molecule has 1 aromatic rings. The van der Waals surface area contributed by atoms with Crippen molar-refractivity contribution in [2.45, 2.75) is 71.3 Å². The molecule has 7 heteroatoms. The lowest BCUT2D eigenvalue weighted by Crippen LogP contribution is -2.46. The number of imide groups is 1. The molecule has 2 amide bonds. The van der Waals surface area contributed by atoms with Gasteiger partial charge in [0, 0.05) is 0 Å². The summed E-state index contributed by atoms with van der Waals surface area (Å²) in [7, 11) is 0. The molecule has 3 heterocycles. The van der Waals surface area contributed by atoms with Gasteiger partial charge in [-0.05, 0) is 107 Å². The number of carbonyl (C=O) groups is 3. The smallest absolute Gasteiger partial charge is 0.338 e. The quantitative estimate of drug-likeness (QED) is 0.299. The molecule has 3 fully saturated rings. The van der Waals surface area contributed by atoms with Crippen LogP contribution in [0.1, 0.15) is 75.6 Å². The number of esters is 1. The molecular weight excluding hydrogens is 442 g/mol. The number of benzene rings is 1. The second-order valence-electron chi connectivity index (χ2n) is 10.6. The van der Waals surface area contributed by atoms with Crippen molar-refractivity contribution in [2.75, 3.05) is 44.2 Å². The maximum Gasteiger partial charge on any atom is 0.338 e. The third-order valence-electron chi connectivity index (χ3n) is 8.03. The number of ether oxygens (including phenoxy) is 1. The molecule has 192 valence electrons. The van der Waals surface area contributed by atoms with Gasteiger partial charge in [0.2, 0.25) is 5.91 Å². The summed E-state index contributed by atoms with van der Waals surface area (Å²) in [6.07, 6.45) is 8.08. The predicted molar refractivity (Wildman–Crippen MR) is 136 cm³/mol. The van der Waals surface area contributed by atoms with E-state index < -0.39 is 0 Å². The Morgan fingerprint density at radius 3 is 2.34 bits per heavy atom. The normalized spacial score (nSPS) is 23.3. The highest BCUT2D eigenvalue weighted by molar-refractivity contribution is 6.22. The van der Waals surface area contributed by atoms with Crippen LogP contribution in [0.2, 0.25) is 0 Å². The van der Waals surface area contributed by atoms with Crippen LogP contribution in [0.4, 0.5) is 5.69 Å². The highest BCUT2D eigenvalue weighted by Gasteiger charge is 2.43. The molecule has 0 bridgehead atoms. The number of unbranched alkanes of at least 4 members (excludes halogenated alkanes) is 1. The van der Waals surface area contributed by atoms with Crippen molar-refractivity contribution in [1.82, 2.24) is 9.80 Å². The minimum absolute atomic E-state index is 0.144. The number of hydrogen-bond donors (Lipinski definition) is 0. The average Bonchev–Trinajstić information content (AvgIpc) is 3.17.